The van der Waals surface area contributed by atoms with Crippen LogP contribution >= 0.6 is 7.82 Å². The Morgan fingerprint density at radius 3 is 1.43 bits per heavy atom. The minimum atomic E-state index is -4.61. The van der Waals surface area contributed by atoms with Crippen molar-refractivity contribution in [3.8, 4) is 0 Å². The number of phosphoric acid groups is 1. The summed E-state index contributed by atoms with van der Waals surface area (Å²) in [5.74, 6) is -0.230. The van der Waals surface area contributed by atoms with Crippen molar-refractivity contribution in [2.24, 2.45) is 0 Å². The molecule has 0 aromatic heterocycles. The summed E-state index contributed by atoms with van der Waals surface area (Å²) in [5.41, 5.74) is 0. The van der Waals surface area contributed by atoms with Crippen molar-refractivity contribution in [1.82, 2.24) is 5.32 Å². The molecule has 9 heteroatoms. The van der Waals surface area contributed by atoms with Crippen molar-refractivity contribution >= 4 is 13.7 Å². The predicted octanol–water partition coefficient (Wildman–Crippen LogP) is 15.3. The zero-order valence-corrected chi connectivity index (χ0v) is 43.8. The van der Waals surface area contributed by atoms with Gasteiger partial charge in [-0.15, -0.1) is 0 Å². The van der Waals surface area contributed by atoms with Gasteiger partial charge in [0.1, 0.15) is 13.2 Å². The molecule has 65 heavy (non-hydrogen) atoms. The summed E-state index contributed by atoms with van der Waals surface area (Å²) >= 11 is 0. The molecule has 0 rings (SSSR count). The van der Waals surface area contributed by atoms with Crippen LogP contribution in [0.2, 0.25) is 0 Å². The first kappa shape index (κ1) is 62.9. The topological polar surface area (TPSA) is 108 Å². The summed E-state index contributed by atoms with van der Waals surface area (Å²) in [7, 11) is 1.21. The third-order valence-corrected chi connectivity index (χ3v) is 12.6. The van der Waals surface area contributed by atoms with Gasteiger partial charge in [-0.2, -0.15) is 0 Å². The van der Waals surface area contributed by atoms with Gasteiger partial charge in [-0.1, -0.05) is 215 Å². The fourth-order valence-corrected chi connectivity index (χ4v) is 8.16. The highest BCUT2D eigenvalue weighted by atomic mass is 31.2. The number of allylic oxidation sites excluding steroid dienone is 11. The number of phosphoric ester groups is 1. The van der Waals surface area contributed by atoms with E-state index < -0.39 is 26.6 Å². The molecule has 0 aliphatic heterocycles. The van der Waals surface area contributed by atoms with E-state index in [1.165, 1.54) is 122 Å². The molecule has 0 radical (unpaired) electrons. The molecule has 0 heterocycles. The van der Waals surface area contributed by atoms with Gasteiger partial charge in [0.2, 0.25) is 5.91 Å². The van der Waals surface area contributed by atoms with Crippen molar-refractivity contribution in [2.45, 2.75) is 238 Å². The number of nitrogens with one attached hydrogen (secondary N) is 1. The number of aliphatic hydroxyl groups is 1. The summed E-state index contributed by atoms with van der Waals surface area (Å²) in [6, 6.07) is -0.922. The van der Waals surface area contributed by atoms with Gasteiger partial charge < -0.3 is 28.8 Å². The summed E-state index contributed by atoms with van der Waals surface area (Å²) in [6.45, 7) is 4.49. The largest absolute Gasteiger partial charge is 0.756 e. The second-order valence-electron chi connectivity index (χ2n) is 19.2. The van der Waals surface area contributed by atoms with E-state index in [0.29, 0.717) is 17.4 Å². The maximum absolute atomic E-state index is 12.9. The monoisotopic (exact) mass is 931 g/mol. The quantitative estimate of drug-likeness (QED) is 0.0272. The second kappa shape index (κ2) is 47.0. The molecule has 0 spiro atoms. The average Bonchev–Trinajstić information content (AvgIpc) is 3.26. The fraction of sp³-hybridized carbons (Fsp3) is 0.768. The molecule has 0 aromatic carbocycles. The first-order chi connectivity index (χ1) is 31.5. The van der Waals surface area contributed by atoms with Crippen molar-refractivity contribution in [3.63, 3.8) is 0 Å². The molecule has 3 unspecified atom stereocenters. The minimum absolute atomic E-state index is 0.0158. The molecule has 3 atom stereocenters. The number of carbonyl (C=O) groups is 1. The summed E-state index contributed by atoms with van der Waals surface area (Å²) in [6.07, 6.45) is 64.2. The molecular weight excluding hydrogens is 828 g/mol. The van der Waals surface area contributed by atoms with E-state index in [4.69, 9.17) is 9.05 Å². The van der Waals surface area contributed by atoms with Gasteiger partial charge in [0.05, 0.1) is 39.9 Å². The van der Waals surface area contributed by atoms with Crippen molar-refractivity contribution in [1.29, 1.82) is 0 Å². The smallest absolute Gasteiger partial charge is 0.268 e. The lowest BCUT2D eigenvalue weighted by Crippen LogP contribution is -2.45. The Hall–Kier alpha value is -2.06. The van der Waals surface area contributed by atoms with Crippen LogP contribution in [0.15, 0.2) is 72.9 Å². The standard InChI is InChI=1S/C56H103N2O6P/c1-6-8-10-12-14-16-18-20-22-23-24-25-26-27-28-29-30-31-32-33-34-36-37-39-41-43-45-47-49-55(59)54(53-64-65(61,62)63-52-51-58(3,4)5)57-56(60)50-48-46-44-42-40-38-35-21-19-17-15-13-11-9-7-2/h9,11,15,17,21,33-35,39,41,47,49,54-55,59H,6-8,10,12-14,16,18-20,22-32,36-38,40,42-46,48,50-53H2,1-5H3,(H-,57,60,61,62)/b11-9-,17-15-,34-33+,35-21-,41-39+,49-47+. The molecule has 0 aromatic rings. The summed E-state index contributed by atoms with van der Waals surface area (Å²) in [5, 5.41) is 13.8. The highest BCUT2D eigenvalue weighted by Crippen LogP contribution is 2.38. The van der Waals surface area contributed by atoms with Crippen LogP contribution in [-0.4, -0.2) is 68.5 Å². The van der Waals surface area contributed by atoms with Crippen LogP contribution in [0.1, 0.15) is 226 Å². The number of amides is 1. The lowest BCUT2D eigenvalue weighted by atomic mass is 10.0. The van der Waals surface area contributed by atoms with Gasteiger partial charge in [-0.3, -0.25) is 9.36 Å². The normalized spacial score (nSPS) is 14.6. The number of hydrogen-bond acceptors (Lipinski definition) is 6. The lowest BCUT2D eigenvalue weighted by molar-refractivity contribution is -0.870. The Balaban J connectivity index is 4.31. The number of quaternary nitrogens is 1. The van der Waals surface area contributed by atoms with E-state index in [-0.39, 0.29) is 12.5 Å². The zero-order valence-electron chi connectivity index (χ0n) is 42.9. The third-order valence-electron chi connectivity index (χ3n) is 11.6. The molecule has 0 aliphatic carbocycles. The number of aliphatic hydroxyl groups excluding tert-OH is 1. The first-order valence-corrected chi connectivity index (χ1v) is 28.3. The molecule has 0 saturated carbocycles. The van der Waals surface area contributed by atoms with E-state index >= 15 is 0 Å². The summed E-state index contributed by atoms with van der Waals surface area (Å²) in [4.78, 5) is 25.4. The average molecular weight is 931 g/mol. The lowest BCUT2D eigenvalue weighted by Gasteiger charge is -2.29. The number of nitrogens with zero attached hydrogens (tertiary/aromatic N) is 1. The second-order valence-corrected chi connectivity index (χ2v) is 20.6. The molecule has 1 amide bonds. The molecule has 0 bridgehead atoms. The maximum atomic E-state index is 12.9. The van der Waals surface area contributed by atoms with Crippen LogP contribution in [0, 0.1) is 0 Å². The Morgan fingerprint density at radius 2 is 0.954 bits per heavy atom. The molecule has 0 fully saturated rings. The fourth-order valence-electron chi connectivity index (χ4n) is 7.43. The van der Waals surface area contributed by atoms with Crippen LogP contribution in [0.3, 0.4) is 0 Å². The number of carbonyl (C=O) groups excluding carboxylic acids is 1. The van der Waals surface area contributed by atoms with Gasteiger partial charge in [-0.25, -0.2) is 0 Å². The molecular formula is C56H103N2O6P. The molecule has 378 valence electrons. The van der Waals surface area contributed by atoms with E-state index in [0.717, 1.165) is 83.5 Å². The Morgan fingerprint density at radius 1 is 0.554 bits per heavy atom. The SMILES string of the molecule is CC/C=C\C/C=C\C/C=C\CCCCCCCC(=O)NC(COP(=O)([O-])OCC[N+](C)(C)C)C(O)/C=C/CC/C=C/CC/C=C/CCCCCCCCCCCCCCCCCCCC. The van der Waals surface area contributed by atoms with Gasteiger partial charge in [0, 0.05) is 6.42 Å². The van der Waals surface area contributed by atoms with Crippen LogP contribution < -0.4 is 10.2 Å². The maximum Gasteiger partial charge on any atom is 0.268 e. The predicted molar refractivity (Wildman–Crippen MR) is 279 cm³/mol. The minimum Gasteiger partial charge on any atom is -0.756 e. The molecule has 2 N–H and O–H groups in total. The first-order valence-electron chi connectivity index (χ1n) is 26.8. The van der Waals surface area contributed by atoms with Crippen LogP contribution in [0.5, 0.6) is 0 Å². The molecule has 0 aliphatic rings. The van der Waals surface area contributed by atoms with Crippen LogP contribution in [-0.2, 0) is 18.4 Å². The van der Waals surface area contributed by atoms with Crippen molar-refractivity contribution in [3.05, 3.63) is 72.9 Å². The van der Waals surface area contributed by atoms with Gasteiger partial charge in [0.25, 0.3) is 7.82 Å². The van der Waals surface area contributed by atoms with Crippen LogP contribution in [0.25, 0.3) is 0 Å². The van der Waals surface area contributed by atoms with E-state index in [1.807, 2.05) is 27.2 Å². The van der Waals surface area contributed by atoms with E-state index in [1.54, 1.807) is 6.08 Å². The summed E-state index contributed by atoms with van der Waals surface area (Å²) < 4.78 is 23.2. The zero-order chi connectivity index (χ0) is 47.8. The molecule has 8 nitrogen and oxygen atoms in total. The number of likely N-dealkylation sites (N-methyl/N-ethyl adjacent to an activating group) is 1. The molecule has 0 saturated heterocycles. The van der Waals surface area contributed by atoms with E-state index in [9.17, 15) is 19.4 Å². The highest BCUT2D eigenvalue weighted by molar-refractivity contribution is 7.45. The van der Waals surface area contributed by atoms with Gasteiger partial charge in [0.15, 0.2) is 0 Å². The Bertz CT molecular complexity index is 1290. The third kappa shape index (κ3) is 49.7. The Labute approximate surface area is 402 Å². The van der Waals surface area contributed by atoms with Gasteiger partial charge >= 0.3 is 0 Å². The number of hydrogen-bond donors (Lipinski definition) is 2. The Kier molecular flexibility index (Phi) is 45.5. The van der Waals surface area contributed by atoms with E-state index in [2.05, 4.69) is 79.9 Å². The number of rotatable bonds is 48. The highest BCUT2D eigenvalue weighted by Gasteiger charge is 2.23. The van der Waals surface area contributed by atoms with Crippen molar-refractivity contribution in [2.75, 3.05) is 40.9 Å². The van der Waals surface area contributed by atoms with Crippen LogP contribution in [0.4, 0.5) is 0 Å². The number of unbranched alkanes of at least 4 members (excludes halogenated alkanes) is 25. The van der Waals surface area contributed by atoms with Gasteiger partial charge in [-0.05, 0) is 77.0 Å². The van der Waals surface area contributed by atoms with Crippen molar-refractivity contribution < 1.29 is 32.9 Å².